The number of anilines is 1. The number of carbonyl (C=O) groups is 1. The summed E-state index contributed by atoms with van der Waals surface area (Å²) in [4.78, 5) is 16.4. The monoisotopic (exact) mass is 288 g/mol. The third kappa shape index (κ3) is 3.46. The fraction of sp³-hybridized carbons (Fsp3) is 0.400. The number of benzene rings is 1. The van der Waals surface area contributed by atoms with Crippen LogP contribution in [0.3, 0.4) is 0 Å². The molecular formula is C15H20N4O2. The van der Waals surface area contributed by atoms with Crippen molar-refractivity contribution in [2.45, 2.75) is 33.7 Å². The number of nitrogens with one attached hydrogen (secondary N) is 1. The van der Waals surface area contributed by atoms with Gasteiger partial charge in [0.1, 0.15) is 0 Å². The summed E-state index contributed by atoms with van der Waals surface area (Å²) in [6, 6.07) is 6.64. The molecule has 0 aliphatic carbocycles. The van der Waals surface area contributed by atoms with E-state index < -0.39 is 6.04 Å². The van der Waals surface area contributed by atoms with Crippen LogP contribution in [0.4, 0.5) is 5.69 Å². The van der Waals surface area contributed by atoms with Crippen LogP contribution in [0.2, 0.25) is 0 Å². The number of para-hydroxylation sites is 1. The lowest BCUT2D eigenvalue weighted by molar-refractivity contribution is -0.119. The number of aryl methyl sites for hydroxylation is 1. The fourth-order valence-corrected chi connectivity index (χ4v) is 1.79. The fourth-order valence-electron chi connectivity index (χ4n) is 1.79. The maximum Gasteiger partial charge on any atom is 0.260 e. The van der Waals surface area contributed by atoms with E-state index in [0.29, 0.717) is 23.0 Å². The number of rotatable bonds is 3. The van der Waals surface area contributed by atoms with Crippen LogP contribution in [-0.4, -0.2) is 22.1 Å². The molecule has 1 heterocycles. The average Bonchev–Trinajstić information content (AvgIpc) is 2.84. The van der Waals surface area contributed by atoms with Gasteiger partial charge in [0, 0.05) is 0 Å². The molecule has 0 spiro atoms. The van der Waals surface area contributed by atoms with Crippen molar-refractivity contribution < 1.29 is 9.32 Å². The SMILES string of the molecule is Cc1noc(-c2ccccc2NC(=O)[C@H](N)C(C)(C)C)n1. The maximum atomic E-state index is 12.2. The van der Waals surface area contributed by atoms with E-state index in [-0.39, 0.29) is 11.3 Å². The van der Waals surface area contributed by atoms with Gasteiger partial charge in [0.15, 0.2) is 5.82 Å². The largest absolute Gasteiger partial charge is 0.334 e. The van der Waals surface area contributed by atoms with E-state index in [9.17, 15) is 4.79 Å². The van der Waals surface area contributed by atoms with Crippen LogP contribution in [0, 0.1) is 12.3 Å². The second-order valence-corrected chi connectivity index (χ2v) is 6.03. The van der Waals surface area contributed by atoms with Gasteiger partial charge in [-0.1, -0.05) is 38.1 Å². The van der Waals surface area contributed by atoms with Gasteiger partial charge in [-0.2, -0.15) is 4.98 Å². The number of hydrogen-bond acceptors (Lipinski definition) is 5. The van der Waals surface area contributed by atoms with Crippen molar-refractivity contribution in [1.82, 2.24) is 10.1 Å². The molecule has 6 nitrogen and oxygen atoms in total. The highest BCUT2D eigenvalue weighted by molar-refractivity contribution is 5.98. The molecule has 1 aromatic carbocycles. The Morgan fingerprint density at radius 3 is 2.57 bits per heavy atom. The Bertz CT molecular complexity index is 643. The number of carbonyl (C=O) groups excluding carboxylic acids is 1. The van der Waals surface area contributed by atoms with E-state index in [0.717, 1.165) is 0 Å². The highest BCUT2D eigenvalue weighted by atomic mass is 16.5. The number of nitrogens with zero attached hydrogens (tertiary/aromatic N) is 2. The first-order valence-electron chi connectivity index (χ1n) is 6.75. The van der Waals surface area contributed by atoms with Gasteiger partial charge in [0.2, 0.25) is 5.91 Å². The lowest BCUT2D eigenvalue weighted by Crippen LogP contribution is -2.45. The molecule has 0 saturated heterocycles. The van der Waals surface area contributed by atoms with E-state index in [1.54, 1.807) is 13.0 Å². The molecule has 0 fully saturated rings. The third-order valence-corrected chi connectivity index (χ3v) is 3.16. The number of nitrogens with two attached hydrogens (primary N) is 1. The Balaban J connectivity index is 2.28. The summed E-state index contributed by atoms with van der Waals surface area (Å²) in [6.07, 6.45) is 0. The van der Waals surface area contributed by atoms with Crippen LogP contribution in [0.1, 0.15) is 26.6 Å². The third-order valence-electron chi connectivity index (χ3n) is 3.16. The Morgan fingerprint density at radius 2 is 2.00 bits per heavy atom. The molecule has 1 atom stereocenters. The lowest BCUT2D eigenvalue weighted by Gasteiger charge is -2.26. The van der Waals surface area contributed by atoms with E-state index in [1.807, 2.05) is 39.0 Å². The number of amides is 1. The van der Waals surface area contributed by atoms with Crippen molar-refractivity contribution in [2.75, 3.05) is 5.32 Å². The lowest BCUT2D eigenvalue weighted by atomic mass is 9.87. The van der Waals surface area contributed by atoms with E-state index in [2.05, 4.69) is 15.5 Å². The maximum absolute atomic E-state index is 12.2. The molecule has 2 aromatic rings. The second-order valence-electron chi connectivity index (χ2n) is 6.03. The minimum absolute atomic E-state index is 0.244. The van der Waals surface area contributed by atoms with Crippen molar-refractivity contribution in [3.63, 3.8) is 0 Å². The second kappa shape index (κ2) is 5.65. The molecular weight excluding hydrogens is 268 g/mol. The Labute approximate surface area is 123 Å². The quantitative estimate of drug-likeness (QED) is 0.904. The number of aromatic nitrogens is 2. The summed E-state index contributed by atoms with van der Waals surface area (Å²) >= 11 is 0. The molecule has 0 bridgehead atoms. The molecule has 3 N–H and O–H groups in total. The summed E-state index contributed by atoms with van der Waals surface area (Å²) in [5.41, 5.74) is 6.93. The minimum Gasteiger partial charge on any atom is -0.334 e. The standard InChI is InChI=1S/C15H20N4O2/c1-9-17-14(21-19-9)10-7-5-6-8-11(10)18-13(20)12(16)15(2,3)4/h5-8,12H,16H2,1-4H3,(H,18,20)/t12-/m0/s1. The molecule has 0 radical (unpaired) electrons. The van der Waals surface area contributed by atoms with E-state index >= 15 is 0 Å². The zero-order valence-electron chi connectivity index (χ0n) is 12.7. The Morgan fingerprint density at radius 1 is 1.33 bits per heavy atom. The smallest absolute Gasteiger partial charge is 0.260 e. The van der Waals surface area contributed by atoms with Crippen LogP contribution < -0.4 is 11.1 Å². The minimum atomic E-state index is -0.616. The van der Waals surface area contributed by atoms with E-state index in [4.69, 9.17) is 10.3 Å². The van der Waals surface area contributed by atoms with Crippen molar-refractivity contribution >= 4 is 11.6 Å². The normalized spacial score (nSPS) is 13.0. The molecule has 0 unspecified atom stereocenters. The molecule has 6 heteroatoms. The topological polar surface area (TPSA) is 94.0 Å². The summed E-state index contributed by atoms with van der Waals surface area (Å²) in [7, 11) is 0. The Hall–Kier alpha value is -2.21. The zero-order valence-corrected chi connectivity index (χ0v) is 12.7. The van der Waals surface area contributed by atoms with Crippen LogP contribution >= 0.6 is 0 Å². The van der Waals surface area contributed by atoms with Crippen molar-refractivity contribution in [3.05, 3.63) is 30.1 Å². The van der Waals surface area contributed by atoms with Crippen LogP contribution in [0.5, 0.6) is 0 Å². The predicted octanol–water partition coefficient (Wildman–Crippen LogP) is 2.36. The van der Waals surface area contributed by atoms with Gasteiger partial charge in [-0.3, -0.25) is 4.79 Å². The van der Waals surface area contributed by atoms with Gasteiger partial charge >= 0.3 is 0 Å². The Kier molecular flexibility index (Phi) is 4.09. The summed E-state index contributed by atoms with van der Waals surface area (Å²) in [5, 5.41) is 6.60. The van der Waals surface area contributed by atoms with Crippen molar-refractivity contribution in [3.8, 4) is 11.5 Å². The molecule has 21 heavy (non-hydrogen) atoms. The molecule has 0 aliphatic rings. The summed E-state index contributed by atoms with van der Waals surface area (Å²) < 4.78 is 5.16. The van der Waals surface area contributed by atoms with Gasteiger partial charge < -0.3 is 15.6 Å². The van der Waals surface area contributed by atoms with Crippen LogP contribution in [0.25, 0.3) is 11.5 Å². The van der Waals surface area contributed by atoms with Crippen LogP contribution in [0.15, 0.2) is 28.8 Å². The molecule has 0 saturated carbocycles. The van der Waals surface area contributed by atoms with Gasteiger partial charge in [-0.25, -0.2) is 0 Å². The van der Waals surface area contributed by atoms with Crippen LogP contribution in [-0.2, 0) is 4.79 Å². The first-order valence-corrected chi connectivity index (χ1v) is 6.75. The van der Waals surface area contributed by atoms with Crippen molar-refractivity contribution in [1.29, 1.82) is 0 Å². The zero-order chi connectivity index (χ0) is 15.6. The van der Waals surface area contributed by atoms with Gasteiger partial charge in [0.25, 0.3) is 5.89 Å². The van der Waals surface area contributed by atoms with Gasteiger partial charge in [0.05, 0.1) is 17.3 Å². The highest BCUT2D eigenvalue weighted by Gasteiger charge is 2.28. The summed E-state index contributed by atoms with van der Waals surface area (Å²) in [6.45, 7) is 7.50. The summed E-state index contributed by atoms with van der Waals surface area (Å²) in [5.74, 6) is 0.663. The van der Waals surface area contributed by atoms with E-state index in [1.165, 1.54) is 0 Å². The molecule has 1 aromatic heterocycles. The first kappa shape index (κ1) is 15.2. The molecule has 1 amide bonds. The molecule has 0 aliphatic heterocycles. The molecule has 112 valence electrons. The van der Waals surface area contributed by atoms with Crippen molar-refractivity contribution in [2.24, 2.45) is 11.1 Å². The highest BCUT2D eigenvalue weighted by Crippen LogP contribution is 2.27. The first-order chi connectivity index (χ1) is 9.79. The van der Waals surface area contributed by atoms with Gasteiger partial charge in [-0.15, -0.1) is 0 Å². The average molecular weight is 288 g/mol. The van der Waals surface area contributed by atoms with Gasteiger partial charge in [-0.05, 0) is 24.5 Å². The molecule has 2 rings (SSSR count). The predicted molar refractivity (Wildman–Crippen MR) is 80.5 cm³/mol. The number of hydrogen-bond donors (Lipinski definition) is 2.